The van der Waals surface area contributed by atoms with E-state index in [4.69, 9.17) is 4.74 Å². The molecule has 0 aromatic heterocycles. The Balaban J connectivity index is 2.29. The second kappa shape index (κ2) is 3.61. The Morgan fingerprint density at radius 1 is 1.40 bits per heavy atom. The van der Waals surface area contributed by atoms with Gasteiger partial charge in [0.05, 0.1) is 7.11 Å². The van der Waals surface area contributed by atoms with E-state index in [0.29, 0.717) is 11.4 Å². The third-order valence-corrected chi connectivity index (χ3v) is 2.16. The number of carbonyl (C=O) groups is 2. The van der Waals surface area contributed by atoms with Gasteiger partial charge < -0.3 is 4.74 Å². The van der Waals surface area contributed by atoms with Crippen LogP contribution in [0.5, 0.6) is 5.75 Å². The maximum Gasteiger partial charge on any atom is 0.329 e. The summed E-state index contributed by atoms with van der Waals surface area (Å²) in [5.41, 5.74) is 0.651. The molecule has 5 nitrogen and oxygen atoms in total. The summed E-state index contributed by atoms with van der Waals surface area (Å²) in [5.74, 6) is 0.363. The molecule has 0 aliphatic carbocycles. The van der Waals surface area contributed by atoms with Crippen molar-refractivity contribution in [2.45, 2.75) is 0 Å². The first-order valence-electron chi connectivity index (χ1n) is 4.46. The largest absolute Gasteiger partial charge is 0.497 e. The second-order valence-corrected chi connectivity index (χ2v) is 3.14. The molecule has 0 spiro atoms. The number of anilines is 1. The molecule has 0 atom stereocenters. The number of benzene rings is 1. The van der Waals surface area contributed by atoms with Crippen molar-refractivity contribution in [2.24, 2.45) is 0 Å². The summed E-state index contributed by atoms with van der Waals surface area (Å²) < 4.78 is 5.03. The summed E-state index contributed by atoms with van der Waals surface area (Å²) in [7, 11) is 1.55. The van der Waals surface area contributed by atoms with Crippen LogP contribution in [0, 0.1) is 0 Å². The molecule has 3 amide bonds. The van der Waals surface area contributed by atoms with E-state index in [1.807, 2.05) is 0 Å². The Morgan fingerprint density at radius 3 is 2.80 bits per heavy atom. The summed E-state index contributed by atoms with van der Waals surface area (Å²) in [6, 6.07) is 6.61. The summed E-state index contributed by atoms with van der Waals surface area (Å²) in [5, 5.41) is 2.21. The highest BCUT2D eigenvalue weighted by atomic mass is 16.5. The number of amides is 3. The number of imide groups is 1. The third kappa shape index (κ3) is 1.76. The van der Waals surface area contributed by atoms with Crippen molar-refractivity contribution in [1.29, 1.82) is 0 Å². The SMILES string of the molecule is COc1cccc(N2CC(=O)NC2=O)c1. The highest BCUT2D eigenvalue weighted by Gasteiger charge is 2.27. The lowest BCUT2D eigenvalue weighted by Gasteiger charge is -2.13. The molecule has 5 heteroatoms. The van der Waals surface area contributed by atoms with Gasteiger partial charge >= 0.3 is 6.03 Å². The van der Waals surface area contributed by atoms with Gasteiger partial charge in [0.25, 0.3) is 0 Å². The zero-order valence-electron chi connectivity index (χ0n) is 8.19. The normalized spacial score (nSPS) is 15.4. The lowest BCUT2D eigenvalue weighted by molar-refractivity contribution is -0.117. The van der Waals surface area contributed by atoms with Crippen LogP contribution in [0.1, 0.15) is 0 Å². The maximum atomic E-state index is 11.3. The fourth-order valence-corrected chi connectivity index (χ4v) is 1.43. The molecular formula is C10H10N2O3. The van der Waals surface area contributed by atoms with Gasteiger partial charge in [0.15, 0.2) is 0 Å². The van der Waals surface area contributed by atoms with E-state index in [1.54, 1.807) is 31.4 Å². The van der Waals surface area contributed by atoms with Crippen molar-refractivity contribution >= 4 is 17.6 Å². The number of hydrogen-bond acceptors (Lipinski definition) is 3. The molecule has 1 aliphatic rings. The van der Waals surface area contributed by atoms with Crippen molar-refractivity contribution < 1.29 is 14.3 Å². The van der Waals surface area contributed by atoms with Gasteiger partial charge in [0, 0.05) is 11.8 Å². The smallest absolute Gasteiger partial charge is 0.329 e. The number of carbonyl (C=O) groups excluding carboxylic acids is 2. The van der Waals surface area contributed by atoms with Gasteiger partial charge in [0.2, 0.25) is 5.91 Å². The van der Waals surface area contributed by atoms with Crippen LogP contribution in [-0.2, 0) is 4.79 Å². The quantitative estimate of drug-likeness (QED) is 0.726. The number of nitrogens with one attached hydrogen (secondary N) is 1. The van der Waals surface area contributed by atoms with Crippen molar-refractivity contribution in [1.82, 2.24) is 5.32 Å². The Hall–Kier alpha value is -2.04. The van der Waals surface area contributed by atoms with Crippen molar-refractivity contribution in [3.05, 3.63) is 24.3 Å². The van der Waals surface area contributed by atoms with E-state index in [2.05, 4.69) is 5.32 Å². The van der Waals surface area contributed by atoms with Crippen LogP contribution >= 0.6 is 0 Å². The molecular weight excluding hydrogens is 196 g/mol. The molecule has 78 valence electrons. The van der Waals surface area contributed by atoms with E-state index in [0.717, 1.165) is 0 Å². The van der Waals surface area contributed by atoms with E-state index in [1.165, 1.54) is 4.90 Å². The molecule has 15 heavy (non-hydrogen) atoms. The molecule has 1 aromatic rings. The Morgan fingerprint density at radius 2 is 2.20 bits per heavy atom. The topological polar surface area (TPSA) is 58.6 Å². The van der Waals surface area contributed by atoms with Gasteiger partial charge in [-0.2, -0.15) is 0 Å². The lowest BCUT2D eigenvalue weighted by Crippen LogP contribution is -2.27. The first-order valence-corrected chi connectivity index (χ1v) is 4.46. The Labute approximate surface area is 86.6 Å². The Kier molecular flexibility index (Phi) is 2.29. The predicted molar refractivity (Wildman–Crippen MR) is 53.9 cm³/mol. The zero-order valence-corrected chi connectivity index (χ0v) is 8.19. The minimum atomic E-state index is -0.395. The van der Waals surface area contributed by atoms with Gasteiger partial charge in [-0.3, -0.25) is 15.0 Å². The molecule has 1 aromatic carbocycles. The van der Waals surface area contributed by atoms with E-state index in [-0.39, 0.29) is 12.5 Å². The van der Waals surface area contributed by atoms with Crippen LogP contribution < -0.4 is 15.0 Å². The predicted octanol–water partition coefficient (Wildman–Crippen LogP) is 0.751. The third-order valence-electron chi connectivity index (χ3n) is 2.16. The number of ether oxygens (including phenoxy) is 1. The first kappa shape index (κ1) is 9.51. The molecule has 0 saturated carbocycles. The number of rotatable bonds is 2. The minimum absolute atomic E-state index is 0.0615. The van der Waals surface area contributed by atoms with Crippen LogP contribution in [0.4, 0.5) is 10.5 Å². The van der Waals surface area contributed by atoms with Gasteiger partial charge in [-0.25, -0.2) is 4.79 Å². The molecule has 1 saturated heterocycles. The maximum absolute atomic E-state index is 11.3. The highest BCUT2D eigenvalue weighted by Crippen LogP contribution is 2.22. The molecule has 1 aliphatic heterocycles. The van der Waals surface area contributed by atoms with Gasteiger partial charge in [-0.15, -0.1) is 0 Å². The van der Waals surface area contributed by atoms with Crippen molar-refractivity contribution in [2.75, 3.05) is 18.6 Å². The van der Waals surface area contributed by atoms with Crippen molar-refractivity contribution in [3.8, 4) is 5.75 Å². The number of urea groups is 1. The van der Waals surface area contributed by atoms with Crippen LogP contribution in [0.25, 0.3) is 0 Å². The lowest BCUT2D eigenvalue weighted by atomic mass is 10.3. The fraction of sp³-hybridized carbons (Fsp3) is 0.200. The van der Waals surface area contributed by atoms with Gasteiger partial charge in [-0.05, 0) is 12.1 Å². The minimum Gasteiger partial charge on any atom is -0.497 e. The first-order chi connectivity index (χ1) is 7.20. The average molecular weight is 206 g/mol. The standard InChI is InChI=1S/C10H10N2O3/c1-15-8-4-2-3-7(5-8)12-6-9(13)11-10(12)14/h2-5H,6H2,1H3,(H,11,13,14). The number of hydrogen-bond donors (Lipinski definition) is 1. The summed E-state index contributed by atoms with van der Waals surface area (Å²) in [4.78, 5) is 23.7. The van der Waals surface area contributed by atoms with Gasteiger partial charge in [-0.1, -0.05) is 6.07 Å². The monoisotopic (exact) mass is 206 g/mol. The van der Waals surface area contributed by atoms with E-state index >= 15 is 0 Å². The van der Waals surface area contributed by atoms with E-state index in [9.17, 15) is 9.59 Å². The fourth-order valence-electron chi connectivity index (χ4n) is 1.43. The zero-order chi connectivity index (χ0) is 10.8. The summed E-state index contributed by atoms with van der Waals surface area (Å²) in [6.07, 6.45) is 0. The average Bonchev–Trinajstić information content (AvgIpc) is 2.58. The second-order valence-electron chi connectivity index (χ2n) is 3.14. The highest BCUT2D eigenvalue weighted by molar-refractivity contribution is 6.12. The molecule has 2 rings (SSSR count). The van der Waals surface area contributed by atoms with Crippen LogP contribution in [-0.4, -0.2) is 25.6 Å². The summed E-state index contributed by atoms with van der Waals surface area (Å²) >= 11 is 0. The molecule has 0 radical (unpaired) electrons. The Bertz CT molecular complexity index is 417. The van der Waals surface area contributed by atoms with Crippen LogP contribution in [0.15, 0.2) is 24.3 Å². The number of nitrogens with zero attached hydrogens (tertiary/aromatic N) is 1. The molecule has 0 unspecified atom stereocenters. The molecule has 0 bridgehead atoms. The molecule has 1 heterocycles. The summed E-state index contributed by atoms with van der Waals surface area (Å²) in [6.45, 7) is 0.0615. The van der Waals surface area contributed by atoms with E-state index < -0.39 is 6.03 Å². The number of methoxy groups -OCH3 is 1. The van der Waals surface area contributed by atoms with Gasteiger partial charge in [0.1, 0.15) is 12.3 Å². The van der Waals surface area contributed by atoms with Crippen molar-refractivity contribution in [3.63, 3.8) is 0 Å². The molecule has 1 fully saturated rings. The van der Waals surface area contributed by atoms with Crippen LogP contribution in [0.2, 0.25) is 0 Å². The van der Waals surface area contributed by atoms with Crippen LogP contribution in [0.3, 0.4) is 0 Å². The molecule has 1 N–H and O–H groups in total.